The van der Waals surface area contributed by atoms with E-state index in [9.17, 15) is 13.2 Å². The van der Waals surface area contributed by atoms with Crippen LogP contribution in [0.3, 0.4) is 0 Å². The molecular weight excluding hydrogens is 257 g/mol. The summed E-state index contributed by atoms with van der Waals surface area (Å²) in [6.07, 6.45) is -3.31. The van der Waals surface area contributed by atoms with Gasteiger partial charge in [-0.25, -0.2) is 0 Å². The summed E-state index contributed by atoms with van der Waals surface area (Å²) in [6, 6.07) is -1.69. The quantitative estimate of drug-likeness (QED) is 0.710. The molecule has 1 aromatic carbocycles. The van der Waals surface area contributed by atoms with E-state index in [2.05, 4.69) is 15.9 Å². The van der Waals surface area contributed by atoms with Crippen LogP contribution >= 0.6 is 15.9 Å². The maximum Gasteiger partial charge on any atom is 0.416 e. The second kappa shape index (κ2) is 3.26. The molecule has 1 aliphatic carbocycles. The normalized spacial score (nSPS) is 20.1. The standard InChI is InChI=1S/C10H8BrF3/c11-9-4-7(6-1-2-6)3-8(5-9)10(12,13)14/h3-6H,1-2H2/i3D,4D,5D. The first-order valence-corrected chi connectivity index (χ1v) is 4.90. The van der Waals surface area contributed by atoms with Crippen LogP contribution in [0.1, 0.15) is 34.0 Å². The molecule has 0 unspecified atom stereocenters. The maximum absolute atomic E-state index is 12.8. The molecule has 0 aromatic heterocycles. The van der Waals surface area contributed by atoms with Crippen LogP contribution in [-0.4, -0.2) is 0 Å². The highest BCUT2D eigenvalue weighted by molar-refractivity contribution is 9.10. The van der Waals surface area contributed by atoms with Crippen LogP contribution in [0.2, 0.25) is 0 Å². The largest absolute Gasteiger partial charge is 0.416 e. The van der Waals surface area contributed by atoms with Crippen molar-refractivity contribution in [3.05, 3.63) is 33.7 Å². The van der Waals surface area contributed by atoms with Gasteiger partial charge in [-0.05, 0) is 42.5 Å². The zero-order chi connectivity index (χ0) is 13.0. The summed E-state index contributed by atoms with van der Waals surface area (Å²) in [5.41, 5.74) is -1.14. The molecule has 0 aliphatic heterocycles. The van der Waals surface area contributed by atoms with Gasteiger partial charge in [-0.1, -0.05) is 15.9 Å². The lowest BCUT2D eigenvalue weighted by molar-refractivity contribution is -0.137. The summed E-state index contributed by atoms with van der Waals surface area (Å²) in [6.45, 7) is 0. The maximum atomic E-state index is 12.8. The third kappa shape index (κ3) is 2.11. The smallest absolute Gasteiger partial charge is 0.166 e. The molecule has 0 atom stereocenters. The van der Waals surface area contributed by atoms with Crippen molar-refractivity contribution in [1.29, 1.82) is 0 Å². The van der Waals surface area contributed by atoms with Crippen LogP contribution in [0, 0.1) is 0 Å². The number of benzene rings is 1. The Bertz CT molecular complexity index is 481. The van der Waals surface area contributed by atoms with E-state index in [-0.39, 0.29) is 22.0 Å². The van der Waals surface area contributed by atoms with Crippen LogP contribution in [-0.2, 0) is 6.18 Å². The third-order valence-corrected chi connectivity index (χ3v) is 2.40. The van der Waals surface area contributed by atoms with Gasteiger partial charge in [-0.2, -0.15) is 13.2 Å². The van der Waals surface area contributed by atoms with E-state index in [0.717, 1.165) is 0 Å². The van der Waals surface area contributed by atoms with Gasteiger partial charge in [0.1, 0.15) is 0 Å². The minimum absolute atomic E-state index is 0.111. The Balaban J connectivity index is 2.75. The van der Waals surface area contributed by atoms with Crippen molar-refractivity contribution >= 4 is 15.9 Å². The lowest BCUT2D eigenvalue weighted by Gasteiger charge is -2.09. The molecular formula is C10H8BrF3. The lowest BCUT2D eigenvalue weighted by Crippen LogP contribution is -2.05. The Kier molecular flexibility index (Phi) is 1.60. The van der Waals surface area contributed by atoms with Gasteiger partial charge >= 0.3 is 6.18 Å². The average Bonchev–Trinajstić information content (AvgIpc) is 2.96. The fourth-order valence-electron chi connectivity index (χ4n) is 1.17. The van der Waals surface area contributed by atoms with Gasteiger partial charge in [0.05, 0.1) is 9.68 Å². The van der Waals surface area contributed by atoms with Crippen LogP contribution < -0.4 is 0 Å². The lowest BCUT2D eigenvalue weighted by atomic mass is 10.1. The van der Waals surface area contributed by atoms with Gasteiger partial charge in [0.15, 0.2) is 0 Å². The van der Waals surface area contributed by atoms with Crippen molar-refractivity contribution in [2.24, 2.45) is 0 Å². The van der Waals surface area contributed by atoms with E-state index in [4.69, 9.17) is 4.11 Å². The molecule has 2 rings (SSSR count). The molecule has 0 heterocycles. The van der Waals surface area contributed by atoms with E-state index in [1.807, 2.05) is 0 Å². The summed E-state index contributed by atoms with van der Waals surface area (Å²) in [5, 5.41) is 0. The van der Waals surface area contributed by atoms with Gasteiger partial charge < -0.3 is 0 Å². The van der Waals surface area contributed by atoms with Crippen LogP contribution in [0.15, 0.2) is 22.6 Å². The molecule has 0 amide bonds. The topological polar surface area (TPSA) is 0 Å². The highest BCUT2D eigenvalue weighted by Crippen LogP contribution is 2.43. The molecule has 0 saturated heterocycles. The minimum atomic E-state index is -4.73. The summed E-state index contributed by atoms with van der Waals surface area (Å²) < 4.78 is 60.8. The predicted octanol–water partition coefficient (Wildman–Crippen LogP) is 4.35. The molecule has 1 saturated carbocycles. The summed E-state index contributed by atoms with van der Waals surface area (Å²) >= 11 is 2.85. The molecule has 4 heteroatoms. The van der Waals surface area contributed by atoms with Crippen molar-refractivity contribution in [1.82, 2.24) is 0 Å². The monoisotopic (exact) mass is 267 g/mol. The second-order valence-electron chi connectivity index (χ2n) is 3.25. The van der Waals surface area contributed by atoms with Gasteiger partial charge in [0.2, 0.25) is 0 Å². The van der Waals surface area contributed by atoms with Gasteiger partial charge in [0, 0.05) is 4.47 Å². The molecule has 14 heavy (non-hydrogen) atoms. The highest BCUT2D eigenvalue weighted by Gasteiger charge is 2.33. The summed E-state index contributed by atoms with van der Waals surface area (Å²) in [5.74, 6) is -0.131. The van der Waals surface area contributed by atoms with Crippen molar-refractivity contribution in [2.75, 3.05) is 0 Å². The Labute approximate surface area is 92.5 Å². The number of hydrogen-bond acceptors (Lipinski definition) is 0. The van der Waals surface area contributed by atoms with E-state index in [0.29, 0.717) is 12.8 Å². The highest BCUT2D eigenvalue weighted by atomic mass is 79.9. The summed E-state index contributed by atoms with van der Waals surface area (Å²) in [4.78, 5) is 0. The Morgan fingerprint density at radius 2 is 1.93 bits per heavy atom. The van der Waals surface area contributed by atoms with Crippen LogP contribution in [0.25, 0.3) is 0 Å². The molecule has 0 bridgehead atoms. The van der Waals surface area contributed by atoms with E-state index >= 15 is 0 Å². The first kappa shape index (κ1) is 6.88. The number of halogens is 4. The molecule has 76 valence electrons. The molecule has 0 radical (unpaired) electrons. The number of alkyl halides is 3. The molecule has 0 spiro atoms. The van der Waals surface area contributed by atoms with Crippen molar-refractivity contribution < 1.29 is 17.3 Å². The zero-order valence-electron chi connectivity index (χ0n) is 10.0. The van der Waals surface area contributed by atoms with Crippen molar-refractivity contribution in [2.45, 2.75) is 24.9 Å². The van der Waals surface area contributed by atoms with E-state index in [1.165, 1.54) is 0 Å². The Morgan fingerprint density at radius 1 is 1.29 bits per heavy atom. The fraction of sp³-hybridized carbons (Fsp3) is 0.400. The number of hydrogen-bond donors (Lipinski definition) is 0. The Morgan fingerprint density at radius 3 is 2.43 bits per heavy atom. The van der Waals surface area contributed by atoms with Crippen molar-refractivity contribution in [3.8, 4) is 0 Å². The first-order valence-electron chi connectivity index (χ1n) is 5.61. The molecule has 1 fully saturated rings. The van der Waals surface area contributed by atoms with Gasteiger partial charge in [0.25, 0.3) is 0 Å². The minimum Gasteiger partial charge on any atom is -0.166 e. The van der Waals surface area contributed by atoms with Crippen molar-refractivity contribution in [3.63, 3.8) is 0 Å². The summed E-state index contributed by atoms with van der Waals surface area (Å²) in [7, 11) is 0. The third-order valence-electron chi connectivity index (χ3n) is 2.01. The first-order chi connectivity index (χ1) is 7.75. The predicted molar refractivity (Wildman–Crippen MR) is 51.1 cm³/mol. The van der Waals surface area contributed by atoms with Gasteiger partial charge in [-0.3, -0.25) is 0 Å². The zero-order valence-corrected chi connectivity index (χ0v) is 8.59. The van der Waals surface area contributed by atoms with E-state index < -0.39 is 23.8 Å². The van der Waals surface area contributed by atoms with E-state index in [1.54, 1.807) is 0 Å². The van der Waals surface area contributed by atoms with Crippen LogP contribution in [0.5, 0.6) is 0 Å². The van der Waals surface area contributed by atoms with Gasteiger partial charge in [-0.15, -0.1) is 0 Å². The molecule has 0 nitrogen and oxygen atoms in total. The second-order valence-corrected chi connectivity index (χ2v) is 4.04. The fourth-order valence-corrected chi connectivity index (χ4v) is 1.59. The molecule has 1 aliphatic rings. The average molecular weight is 268 g/mol. The SMILES string of the molecule is [2H]c1c(Br)c([2H])c(C(F)(F)F)c([2H])c1C1CC1. The molecule has 1 aromatic rings. The van der Waals surface area contributed by atoms with Crippen LogP contribution in [0.4, 0.5) is 13.2 Å². The molecule has 0 N–H and O–H groups in total. The number of rotatable bonds is 1. The Hall–Kier alpha value is -0.510.